The number of thiophene rings is 1. The highest BCUT2D eigenvalue weighted by Crippen LogP contribution is 2.49. The topological polar surface area (TPSA) is 64.6 Å². The fourth-order valence-corrected chi connectivity index (χ4v) is 6.85. The number of halogens is 3. The summed E-state index contributed by atoms with van der Waals surface area (Å²) in [5.74, 6) is 0.255. The minimum atomic E-state index is -4.46. The Balaban J connectivity index is 1.09. The van der Waals surface area contributed by atoms with Crippen molar-refractivity contribution in [3.8, 4) is 0 Å². The largest absolute Gasteiger partial charge is 0.419 e. The molecule has 0 bridgehead atoms. The Morgan fingerprint density at radius 3 is 2.31 bits per heavy atom. The van der Waals surface area contributed by atoms with E-state index in [0.717, 1.165) is 44.9 Å². The van der Waals surface area contributed by atoms with Crippen molar-refractivity contribution in [2.24, 2.45) is 5.41 Å². The lowest BCUT2D eigenvalue weighted by Crippen LogP contribution is -2.68. The van der Waals surface area contributed by atoms with Gasteiger partial charge in [0.15, 0.2) is 0 Å². The molecule has 5 rings (SSSR count). The van der Waals surface area contributed by atoms with Crippen LogP contribution in [0.2, 0.25) is 0 Å². The summed E-state index contributed by atoms with van der Waals surface area (Å²) in [5, 5.41) is 3.21. The second kappa shape index (κ2) is 8.92. The van der Waals surface area contributed by atoms with E-state index in [9.17, 15) is 18.0 Å². The molecule has 2 aliphatic heterocycles. The lowest BCUT2D eigenvalue weighted by atomic mass is 9.60. The normalized spacial score (nSPS) is 24.9. The third-order valence-electron chi connectivity index (χ3n) is 7.38. The van der Waals surface area contributed by atoms with Gasteiger partial charge in [0.2, 0.25) is 5.95 Å². The number of carbonyl (C=O) groups excluding carboxylic acids is 1. The van der Waals surface area contributed by atoms with Crippen LogP contribution in [-0.4, -0.2) is 70.1 Å². The highest BCUT2D eigenvalue weighted by atomic mass is 32.1. The van der Waals surface area contributed by atoms with Crippen molar-refractivity contribution in [1.29, 1.82) is 0 Å². The van der Waals surface area contributed by atoms with Gasteiger partial charge in [0.1, 0.15) is 0 Å². The van der Waals surface area contributed by atoms with Crippen molar-refractivity contribution in [1.82, 2.24) is 25.1 Å². The Bertz CT molecular complexity index is 1050. The van der Waals surface area contributed by atoms with E-state index in [4.69, 9.17) is 0 Å². The minimum absolute atomic E-state index is 0.0666. The second-order valence-electron chi connectivity index (χ2n) is 10.5. The molecule has 1 aliphatic carbocycles. The predicted octanol–water partition coefficient (Wildman–Crippen LogP) is 4.14. The second-order valence-corrected chi connectivity index (χ2v) is 11.9. The lowest BCUT2D eigenvalue weighted by molar-refractivity contribution is -0.138. The van der Waals surface area contributed by atoms with Crippen molar-refractivity contribution in [2.45, 2.75) is 64.5 Å². The Morgan fingerprint density at radius 2 is 1.77 bits per heavy atom. The SMILES string of the molecule is Cc1ccc(CN2CC3(CC(NC(=O)N4[C@H](C)CN(c5ncc(C(F)(F)F)cn5)C[C@@H]4C)C3)C2)s1. The maximum atomic E-state index is 13.1. The first-order valence-corrected chi connectivity index (χ1v) is 12.8. The molecule has 2 atom stereocenters. The fourth-order valence-electron chi connectivity index (χ4n) is 5.92. The molecule has 190 valence electrons. The van der Waals surface area contributed by atoms with Crippen LogP contribution in [0.1, 0.15) is 42.0 Å². The molecule has 0 radical (unpaired) electrons. The van der Waals surface area contributed by atoms with Crippen molar-refractivity contribution in [3.63, 3.8) is 0 Å². The first-order valence-electron chi connectivity index (χ1n) is 12.0. The number of alkyl halides is 3. The van der Waals surface area contributed by atoms with Crippen LogP contribution in [0.25, 0.3) is 0 Å². The highest BCUT2D eigenvalue weighted by molar-refractivity contribution is 7.11. The number of aromatic nitrogens is 2. The van der Waals surface area contributed by atoms with Crippen molar-refractivity contribution in [2.75, 3.05) is 31.1 Å². The number of hydrogen-bond donors (Lipinski definition) is 1. The molecule has 2 amide bonds. The number of nitrogens with zero attached hydrogens (tertiary/aromatic N) is 5. The number of aryl methyl sites for hydroxylation is 1. The van der Waals surface area contributed by atoms with Crippen molar-refractivity contribution < 1.29 is 18.0 Å². The van der Waals surface area contributed by atoms with Crippen LogP contribution in [-0.2, 0) is 12.7 Å². The Labute approximate surface area is 207 Å². The predicted molar refractivity (Wildman–Crippen MR) is 128 cm³/mol. The maximum Gasteiger partial charge on any atom is 0.419 e. The molecule has 2 aromatic rings. The quantitative estimate of drug-likeness (QED) is 0.673. The van der Waals surface area contributed by atoms with Crippen LogP contribution in [0.15, 0.2) is 24.5 Å². The average molecular weight is 509 g/mol. The van der Waals surface area contributed by atoms with Gasteiger partial charge in [-0.3, -0.25) is 4.90 Å². The smallest absolute Gasteiger partial charge is 0.337 e. The van der Waals surface area contributed by atoms with E-state index >= 15 is 0 Å². The summed E-state index contributed by atoms with van der Waals surface area (Å²) < 4.78 is 38.4. The van der Waals surface area contributed by atoms with Crippen molar-refractivity contribution in [3.05, 3.63) is 39.8 Å². The molecular formula is C24H31F3N6OS. The molecule has 1 spiro atoms. The summed E-state index contributed by atoms with van der Waals surface area (Å²) in [7, 11) is 0. The van der Waals surface area contributed by atoms with E-state index in [1.165, 1.54) is 9.75 Å². The molecule has 3 fully saturated rings. The fraction of sp³-hybridized carbons (Fsp3) is 0.625. The Kier molecular flexibility index (Phi) is 6.19. The van der Waals surface area contributed by atoms with Crippen molar-refractivity contribution >= 4 is 23.3 Å². The van der Waals surface area contributed by atoms with Crippen LogP contribution in [0, 0.1) is 12.3 Å². The van der Waals surface area contributed by atoms with Gasteiger partial charge in [0, 0.05) is 73.0 Å². The third kappa shape index (κ3) is 4.97. The molecule has 1 saturated carbocycles. The number of hydrogen-bond acceptors (Lipinski definition) is 6. The highest BCUT2D eigenvalue weighted by Gasteiger charge is 2.53. The molecule has 11 heteroatoms. The van der Waals surface area contributed by atoms with E-state index < -0.39 is 11.7 Å². The Hall–Kier alpha value is -2.40. The zero-order chi connectivity index (χ0) is 25.0. The standard InChI is InChI=1S/C24H31F3N6OS/c1-15-10-32(21-28-8-18(9-29-21)24(25,26)27)11-16(2)33(15)22(34)30-19-6-23(7-19)13-31(14-23)12-20-5-4-17(3)35-20/h4-5,8-9,15-16,19H,6-7,10-14H2,1-3H3,(H,30,34)/t15-,16+. The average Bonchev–Trinajstić information content (AvgIpc) is 3.14. The number of amides is 2. The molecule has 4 heterocycles. The molecule has 1 N–H and O–H groups in total. The molecule has 2 saturated heterocycles. The molecular weight excluding hydrogens is 477 g/mol. The van der Waals surface area contributed by atoms with Crippen LogP contribution < -0.4 is 10.2 Å². The summed E-state index contributed by atoms with van der Waals surface area (Å²) in [5.41, 5.74) is -0.519. The van der Waals surface area contributed by atoms with Gasteiger partial charge in [0.05, 0.1) is 5.56 Å². The zero-order valence-electron chi connectivity index (χ0n) is 20.2. The van der Waals surface area contributed by atoms with E-state index in [1.54, 1.807) is 0 Å². The van der Waals surface area contributed by atoms with Gasteiger partial charge in [-0.25, -0.2) is 14.8 Å². The molecule has 3 aliphatic rings. The van der Waals surface area contributed by atoms with E-state index in [0.29, 0.717) is 18.5 Å². The number of likely N-dealkylation sites (tertiary alicyclic amines) is 1. The number of nitrogens with one attached hydrogen (secondary N) is 1. The van der Waals surface area contributed by atoms with Crippen LogP contribution in [0.5, 0.6) is 0 Å². The first-order chi connectivity index (χ1) is 16.5. The van der Waals surface area contributed by atoms with Gasteiger partial charge < -0.3 is 15.1 Å². The van der Waals surface area contributed by atoms with Gasteiger partial charge in [-0.1, -0.05) is 0 Å². The van der Waals surface area contributed by atoms with Gasteiger partial charge in [-0.05, 0) is 51.2 Å². The van der Waals surface area contributed by atoms with E-state index in [2.05, 4.69) is 39.2 Å². The van der Waals surface area contributed by atoms with Crippen LogP contribution >= 0.6 is 11.3 Å². The van der Waals surface area contributed by atoms with E-state index in [-0.39, 0.29) is 30.1 Å². The molecule has 35 heavy (non-hydrogen) atoms. The third-order valence-corrected chi connectivity index (χ3v) is 8.37. The summed E-state index contributed by atoms with van der Waals surface area (Å²) >= 11 is 1.86. The van der Waals surface area contributed by atoms with Gasteiger partial charge in [-0.15, -0.1) is 11.3 Å². The van der Waals surface area contributed by atoms with E-state index in [1.807, 2.05) is 35.0 Å². The maximum absolute atomic E-state index is 13.1. The zero-order valence-corrected chi connectivity index (χ0v) is 21.0. The van der Waals surface area contributed by atoms with Crippen LogP contribution in [0.4, 0.5) is 23.9 Å². The van der Waals surface area contributed by atoms with Gasteiger partial charge >= 0.3 is 12.2 Å². The number of urea groups is 1. The summed E-state index contributed by atoms with van der Waals surface area (Å²) in [4.78, 5) is 29.8. The monoisotopic (exact) mass is 508 g/mol. The minimum Gasteiger partial charge on any atom is -0.337 e. The number of anilines is 1. The molecule has 0 aromatic carbocycles. The summed E-state index contributed by atoms with van der Waals surface area (Å²) in [6.45, 7) is 10.2. The Morgan fingerprint density at radius 1 is 1.14 bits per heavy atom. The summed E-state index contributed by atoms with van der Waals surface area (Å²) in [6, 6.07) is 4.27. The van der Waals surface area contributed by atoms with Gasteiger partial charge in [0.25, 0.3) is 0 Å². The van der Waals surface area contributed by atoms with Crippen LogP contribution in [0.3, 0.4) is 0 Å². The lowest BCUT2D eigenvalue weighted by Gasteiger charge is -2.59. The molecule has 2 aromatic heterocycles. The molecule has 7 nitrogen and oxygen atoms in total. The first kappa shape index (κ1) is 24.3. The number of rotatable bonds is 4. The molecule has 0 unspecified atom stereocenters. The number of carbonyl (C=O) groups is 1. The number of piperazine rings is 1. The summed E-state index contributed by atoms with van der Waals surface area (Å²) in [6.07, 6.45) is -0.808. The van der Waals surface area contributed by atoms with Gasteiger partial charge in [-0.2, -0.15) is 13.2 Å².